The number of nitrogens with two attached hydrogens (primary N) is 1. The number of hydrogen-bond donors (Lipinski definition) is 1. The molecule has 1 aromatic rings. The molecule has 0 unspecified atom stereocenters. The van der Waals surface area contributed by atoms with Crippen LogP contribution in [0.3, 0.4) is 0 Å². The zero-order valence-electron chi connectivity index (χ0n) is 15.2. The van der Waals surface area contributed by atoms with Crippen LogP contribution in [0.2, 0.25) is 0 Å². The average Bonchev–Trinajstić information content (AvgIpc) is 2.61. The number of hydrogen-bond acceptors (Lipinski definition) is 4. The summed E-state index contributed by atoms with van der Waals surface area (Å²) in [4.78, 5) is 0. The summed E-state index contributed by atoms with van der Waals surface area (Å²) in [6, 6.07) is 8.67. The van der Waals surface area contributed by atoms with Crippen LogP contribution >= 0.6 is 0 Å². The molecule has 24 heavy (non-hydrogen) atoms. The summed E-state index contributed by atoms with van der Waals surface area (Å²) in [6.45, 7) is 12.0. The van der Waals surface area contributed by atoms with Gasteiger partial charge in [0.15, 0.2) is 6.29 Å². The van der Waals surface area contributed by atoms with Gasteiger partial charge in [-0.1, -0.05) is 24.3 Å². The first-order valence-corrected chi connectivity index (χ1v) is 9.18. The highest BCUT2D eigenvalue weighted by Crippen LogP contribution is 2.22. The Morgan fingerprint density at radius 1 is 1.08 bits per heavy atom. The fraction of sp³-hybridized carbons (Fsp3) is 0.684. The first-order valence-electron chi connectivity index (χ1n) is 9.18. The molecule has 1 aliphatic heterocycles. The van der Waals surface area contributed by atoms with Crippen LogP contribution in [0, 0.1) is 0 Å². The molecule has 5 heteroatoms. The number of benzene rings is 1. The van der Waals surface area contributed by atoms with Crippen LogP contribution in [0.5, 0.6) is 0 Å². The van der Waals surface area contributed by atoms with Gasteiger partial charge in [-0.25, -0.2) is 0 Å². The lowest BCUT2D eigenvalue weighted by Gasteiger charge is -2.41. The van der Waals surface area contributed by atoms with E-state index in [-0.39, 0.29) is 6.29 Å². The Bertz CT molecular complexity index is 452. The van der Waals surface area contributed by atoms with Gasteiger partial charge >= 0.3 is 0 Å². The molecule has 1 heterocycles. The van der Waals surface area contributed by atoms with Crippen molar-refractivity contribution in [3.63, 3.8) is 0 Å². The van der Waals surface area contributed by atoms with E-state index in [9.17, 15) is 0 Å². The molecule has 1 aromatic carbocycles. The van der Waals surface area contributed by atoms with Crippen LogP contribution in [-0.4, -0.2) is 57.1 Å². The fourth-order valence-corrected chi connectivity index (χ4v) is 3.33. The van der Waals surface area contributed by atoms with Crippen LogP contribution in [0.4, 0.5) is 0 Å². The zero-order chi connectivity index (χ0) is 17.3. The number of nitrogens with zero attached hydrogens (tertiary/aromatic N) is 1. The van der Waals surface area contributed by atoms with E-state index in [1.165, 1.54) is 5.56 Å². The molecule has 5 nitrogen and oxygen atoms in total. The van der Waals surface area contributed by atoms with Gasteiger partial charge in [0.2, 0.25) is 0 Å². The first-order chi connectivity index (χ1) is 11.7. The van der Waals surface area contributed by atoms with Crippen molar-refractivity contribution in [3.05, 3.63) is 35.4 Å². The van der Waals surface area contributed by atoms with Crippen LogP contribution in [0.25, 0.3) is 0 Å². The van der Waals surface area contributed by atoms with Gasteiger partial charge in [0, 0.05) is 30.8 Å². The lowest BCUT2D eigenvalue weighted by atomic mass is 10.1. The van der Waals surface area contributed by atoms with Gasteiger partial charge in [0.25, 0.3) is 0 Å². The molecule has 0 amide bonds. The van der Waals surface area contributed by atoms with Crippen molar-refractivity contribution in [1.82, 2.24) is 0 Å². The van der Waals surface area contributed by atoms with Crippen molar-refractivity contribution in [1.29, 1.82) is 0 Å². The van der Waals surface area contributed by atoms with Crippen molar-refractivity contribution in [2.45, 2.75) is 33.1 Å². The van der Waals surface area contributed by atoms with Gasteiger partial charge in [-0.2, -0.15) is 0 Å². The highest BCUT2D eigenvalue weighted by molar-refractivity contribution is 5.23. The second-order valence-electron chi connectivity index (χ2n) is 6.41. The van der Waals surface area contributed by atoms with Crippen LogP contribution in [-0.2, 0) is 20.8 Å². The zero-order valence-corrected chi connectivity index (χ0v) is 15.2. The Balaban J connectivity index is 2.05. The van der Waals surface area contributed by atoms with Gasteiger partial charge in [-0.05, 0) is 20.4 Å². The Morgan fingerprint density at radius 3 is 2.25 bits per heavy atom. The summed E-state index contributed by atoms with van der Waals surface area (Å²) in [5.74, 6) is 0. The van der Waals surface area contributed by atoms with Crippen LogP contribution in [0.15, 0.2) is 24.3 Å². The van der Waals surface area contributed by atoms with E-state index < -0.39 is 0 Å². The molecule has 1 fully saturated rings. The summed E-state index contributed by atoms with van der Waals surface area (Å²) in [7, 11) is 0. The lowest BCUT2D eigenvalue weighted by Crippen LogP contribution is -2.55. The Labute approximate surface area is 146 Å². The Morgan fingerprint density at radius 2 is 1.71 bits per heavy atom. The molecule has 1 aliphatic rings. The van der Waals surface area contributed by atoms with E-state index in [1.807, 2.05) is 13.8 Å². The van der Waals surface area contributed by atoms with E-state index in [0.717, 1.165) is 62.4 Å². The molecule has 136 valence electrons. The van der Waals surface area contributed by atoms with Crippen molar-refractivity contribution in [2.75, 3.05) is 52.6 Å². The van der Waals surface area contributed by atoms with E-state index in [0.29, 0.717) is 13.2 Å². The van der Waals surface area contributed by atoms with Crippen LogP contribution < -0.4 is 5.73 Å². The summed E-state index contributed by atoms with van der Waals surface area (Å²) in [6.07, 6.45) is 0.798. The third-order valence-electron chi connectivity index (χ3n) is 4.66. The van der Waals surface area contributed by atoms with E-state index >= 15 is 0 Å². The molecular formula is C19H33N2O3+. The van der Waals surface area contributed by atoms with Crippen molar-refractivity contribution >= 4 is 0 Å². The molecule has 0 saturated carbocycles. The van der Waals surface area contributed by atoms with Gasteiger partial charge < -0.3 is 24.4 Å². The van der Waals surface area contributed by atoms with Crippen molar-refractivity contribution < 1.29 is 18.7 Å². The molecule has 0 aromatic heterocycles. The number of rotatable bonds is 10. The lowest BCUT2D eigenvalue weighted by molar-refractivity contribution is -0.947. The first kappa shape index (κ1) is 19.3. The molecule has 0 bridgehead atoms. The number of morpholine rings is 1. The Hall–Kier alpha value is -0.980. The second-order valence-corrected chi connectivity index (χ2v) is 6.41. The van der Waals surface area contributed by atoms with E-state index in [2.05, 4.69) is 24.3 Å². The van der Waals surface area contributed by atoms with Gasteiger partial charge in [-0.15, -0.1) is 0 Å². The minimum absolute atomic E-state index is 0.266. The quantitative estimate of drug-likeness (QED) is 0.526. The molecule has 0 spiro atoms. The number of ether oxygens (including phenoxy) is 3. The standard InChI is InChI=1S/C19H33N2O3/c1-3-23-19(24-4-2)18-8-6-17(7-9-18)16-21(11-5-10-20)12-14-22-15-13-21/h6-9,19H,3-5,10-16,20H2,1-2H3/q+1. The molecule has 0 radical (unpaired) electrons. The van der Waals surface area contributed by atoms with Gasteiger partial charge in [0.1, 0.15) is 19.6 Å². The normalized spacial score (nSPS) is 17.3. The summed E-state index contributed by atoms with van der Waals surface area (Å²) < 4.78 is 18.0. The predicted octanol–water partition coefficient (Wildman–Crippen LogP) is 2.45. The smallest absolute Gasteiger partial charge is 0.183 e. The van der Waals surface area contributed by atoms with Crippen molar-refractivity contribution in [2.24, 2.45) is 5.73 Å². The second kappa shape index (κ2) is 10.1. The molecule has 2 rings (SSSR count). The van der Waals surface area contributed by atoms with E-state index in [1.54, 1.807) is 0 Å². The molecule has 0 aliphatic carbocycles. The van der Waals surface area contributed by atoms with E-state index in [4.69, 9.17) is 19.9 Å². The largest absolute Gasteiger partial charge is 0.370 e. The number of quaternary nitrogens is 1. The minimum atomic E-state index is -0.266. The Kier molecular flexibility index (Phi) is 8.15. The summed E-state index contributed by atoms with van der Waals surface area (Å²) in [5.41, 5.74) is 8.17. The summed E-state index contributed by atoms with van der Waals surface area (Å²) >= 11 is 0. The molecule has 1 saturated heterocycles. The van der Waals surface area contributed by atoms with Crippen LogP contribution in [0.1, 0.15) is 37.7 Å². The SMILES string of the molecule is CCOC(OCC)c1ccc(C[N+]2(CCCN)CCOCC2)cc1. The maximum Gasteiger partial charge on any atom is 0.183 e. The molecular weight excluding hydrogens is 304 g/mol. The maximum atomic E-state index is 5.74. The molecule has 2 N–H and O–H groups in total. The highest BCUT2D eigenvalue weighted by Gasteiger charge is 2.30. The highest BCUT2D eigenvalue weighted by atomic mass is 16.7. The summed E-state index contributed by atoms with van der Waals surface area (Å²) in [5, 5.41) is 0. The topological polar surface area (TPSA) is 53.7 Å². The monoisotopic (exact) mass is 337 g/mol. The third kappa shape index (κ3) is 5.53. The van der Waals surface area contributed by atoms with Crippen molar-refractivity contribution in [3.8, 4) is 0 Å². The maximum absolute atomic E-state index is 5.74. The van der Waals surface area contributed by atoms with Gasteiger partial charge in [0.05, 0.1) is 19.8 Å². The fourth-order valence-electron chi connectivity index (χ4n) is 3.33. The molecule has 0 atom stereocenters. The third-order valence-corrected chi connectivity index (χ3v) is 4.66. The minimum Gasteiger partial charge on any atom is -0.370 e. The predicted molar refractivity (Wildman–Crippen MR) is 95.5 cm³/mol. The average molecular weight is 337 g/mol. The van der Waals surface area contributed by atoms with Gasteiger partial charge in [-0.3, -0.25) is 0 Å².